The highest BCUT2D eigenvalue weighted by Crippen LogP contribution is 2.43. The lowest BCUT2D eigenvalue weighted by atomic mass is 9.93. The number of nitrogens with zero attached hydrogens (tertiary/aromatic N) is 3. The molecule has 1 fully saturated rings. The fourth-order valence-corrected chi connectivity index (χ4v) is 3.70. The van der Waals surface area contributed by atoms with Gasteiger partial charge >= 0.3 is 0 Å². The Hall–Kier alpha value is -2.17. The van der Waals surface area contributed by atoms with Gasteiger partial charge in [0.2, 0.25) is 5.91 Å². The number of anilines is 1. The number of aromatic nitrogens is 3. The van der Waals surface area contributed by atoms with Crippen LogP contribution >= 0.6 is 0 Å². The fourth-order valence-electron chi connectivity index (χ4n) is 3.70. The largest absolute Gasteiger partial charge is 0.324 e. The van der Waals surface area contributed by atoms with Crippen molar-refractivity contribution in [3.63, 3.8) is 0 Å². The molecule has 3 unspecified atom stereocenters. The first kappa shape index (κ1) is 13.5. The van der Waals surface area contributed by atoms with E-state index >= 15 is 0 Å². The molecular weight excluding hydrogens is 276 g/mol. The molecule has 3 atom stereocenters. The Bertz CT molecular complexity index is 761. The molecule has 1 amide bonds. The summed E-state index contributed by atoms with van der Waals surface area (Å²) >= 11 is 0. The van der Waals surface area contributed by atoms with Crippen LogP contribution in [0.25, 0.3) is 11.0 Å². The van der Waals surface area contributed by atoms with Crippen molar-refractivity contribution in [2.24, 2.45) is 17.8 Å². The van der Waals surface area contributed by atoms with Gasteiger partial charge in [-0.15, -0.1) is 0 Å². The summed E-state index contributed by atoms with van der Waals surface area (Å²) in [5.74, 6) is 1.26. The second kappa shape index (κ2) is 4.93. The highest BCUT2D eigenvalue weighted by molar-refractivity contribution is 5.94. The average Bonchev–Trinajstić information content (AvgIpc) is 3.21. The Morgan fingerprint density at radius 3 is 2.86 bits per heavy atom. The Morgan fingerprint density at radius 1 is 1.32 bits per heavy atom. The summed E-state index contributed by atoms with van der Waals surface area (Å²) < 4.78 is 1.89. The molecule has 0 aliphatic heterocycles. The number of allylic oxidation sites excluding steroid dienone is 2. The van der Waals surface area contributed by atoms with Gasteiger partial charge in [0.1, 0.15) is 0 Å². The van der Waals surface area contributed by atoms with Gasteiger partial charge in [0.15, 0.2) is 5.65 Å². The van der Waals surface area contributed by atoms with Crippen molar-refractivity contribution in [2.75, 3.05) is 5.32 Å². The van der Waals surface area contributed by atoms with E-state index < -0.39 is 0 Å². The molecule has 5 heteroatoms. The van der Waals surface area contributed by atoms with Gasteiger partial charge in [-0.3, -0.25) is 4.79 Å². The van der Waals surface area contributed by atoms with E-state index in [9.17, 15) is 4.79 Å². The Labute approximate surface area is 129 Å². The number of hydrogen-bond donors (Lipinski definition) is 1. The molecule has 2 aliphatic carbocycles. The number of carbonyl (C=O) groups excluding carboxylic acids is 1. The Balaban J connectivity index is 1.54. The zero-order valence-electron chi connectivity index (χ0n) is 12.9. The van der Waals surface area contributed by atoms with E-state index in [4.69, 9.17) is 0 Å². The number of hydrogen-bond acceptors (Lipinski definition) is 3. The van der Waals surface area contributed by atoms with Crippen LogP contribution in [0.5, 0.6) is 0 Å². The maximum atomic E-state index is 12.5. The summed E-state index contributed by atoms with van der Waals surface area (Å²) in [5.41, 5.74) is 1.61. The summed E-state index contributed by atoms with van der Waals surface area (Å²) in [4.78, 5) is 16.9. The van der Waals surface area contributed by atoms with Gasteiger partial charge in [0.05, 0.1) is 18.1 Å². The van der Waals surface area contributed by atoms with Gasteiger partial charge in [-0.1, -0.05) is 12.2 Å². The Kier molecular flexibility index (Phi) is 3.03. The van der Waals surface area contributed by atoms with Crippen LogP contribution < -0.4 is 5.32 Å². The molecule has 0 aromatic carbocycles. The molecule has 5 nitrogen and oxygen atoms in total. The standard InChI is InChI=1S/C17H20N4O/c1-10(2)21-16-13(8-19-21)7-14(9-18-16)20-17(22)15-6-11-3-4-12(15)5-11/h3-4,7-12,15H,5-6H2,1-2H3,(H,20,22). The lowest BCUT2D eigenvalue weighted by Gasteiger charge is -2.17. The summed E-state index contributed by atoms with van der Waals surface area (Å²) in [6.07, 6.45) is 10.1. The second-order valence-electron chi connectivity index (χ2n) is 6.70. The first-order chi connectivity index (χ1) is 10.6. The molecule has 1 saturated carbocycles. The SMILES string of the molecule is CC(C)n1ncc2cc(NC(=O)C3CC4C=CC3C4)cnc21. The van der Waals surface area contributed by atoms with Crippen LogP contribution in [0.2, 0.25) is 0 Å². The second-order valence-corrected chi connectivity index (χ2v) is 6.70. The third-order valence-electron chi connectivity index (χ3n) is 4.81. The maximum absolute atomic E-state index is 12.5. The minimum absolute atomic E-state index is 0.115. The normalized spacial score (nSPS) is 26.2. The van der Waals surface area contributed by atoms with E-state index in [0.29, 0.717) is 11.8 Å². The molecule has 2 bridgehead atoms. The monoisotopic (exact) mass is 296 g/mol. The Morgan fingerprint density at radius 2 is 2.18 bits per heavy atom. The molecule has 1 N–H and O–H groups in total. The average molecular weight is 296 g/mol. The zero-order valence-corrected chi connectivity index (χ0v) is 12.9. The highest BCUT2D eigenvalue weighted by Gasteiger charge is 2.39. The fraction of sp³-hybridized carbons (Fsp3) is 0.471. The van der Waals surface area contributed by atoms with Crippen molar-refractivity contribution in [1.29, 1.82) is 0 Å². The summed E-state index contributed by atoms with van der Waals surface area (Å²) in [5, 5.41) is 8.34. The number of pyridine rings is 1. The molecule has 0 saturated heterocycles. The first-order valence-electron chi connectivity index (χ1n) is 7.94. The van der Waals surface area contributed by atoms with E-state index in [-0.39, 0.29) is 17.9 Å². The molecule has 2 heterocycles. The van der Waals surface area contributed by atoms with Crippen LogP contribution in [0.4, 0.5) is 5.69 Å². The van der Waals surface area contributed by atoms with Gasteiger partial charge in [-0.25, -0.2) is 9.67 Å². The smallest absolute Gasteiger partial charge is 0.228 e. The molecule has 0 radical (unpaired) electrons. The topological polar surface area (TPSA) is 59.8 Å². The quantitative estimate of drug-likeness (QED) is 0.885. The van der Waals surface area contributed by atoms with Crippen LogP contribution in [0.3, 0.4) is 0 Å². The van der Waals surface area contributed by atoms with Crippen LogP contribution in [-0.2, 0) is 4.79 Å². The molecule has 114 valence electrons. The van der Waals surface area contributed by atoms with Crippen molar-refractivity contribution in [3.8, 4) is 0 Å². The van der Waals surface area contributed by atoms with Gasteiger partial charge in [-0.05, 0) is 44.6 Å². The lowest BCUT2D eigenvalue weighted by Crippen LogP contribution is -2.25. The summed E-state index contributed by atoms with van der Waals surface area (Å²) in [6.45, 7) is 4.15. The van der Waals surface area contributed by atoms with Gasteiger partial charge in [-0.2, -0.15) is 5.10 Å². The van der Waals surface area contributed by atoms with Crippen LogP contribution in [0, 0.1) is 17.8 Å². The van der Waals surface area contributed by atoms with Gasteiger partial charge < -0.3 is 5.32 Å². The maximum Gasteiger partial charge on any atom is 0.228 e. The minimum atomic E-state index is 0.115. The molecule has 4 rings (SSSR count). The van der Waals surface area contributed by atoms with E-state index in [0.717, 1.165) is 29.6 Å². The number of amides is 1. The number of nitrogens with one attached hydrogen (secondary N) is 1. The zero-order chi connectivity index (χ0) is 15.3. The third kappa shape index (κ3) is 2.12. The van der Waals surface area contributed by atoms with Crippen molar-refractivity contribution in [3.05, 3.63) is 30.6 Å². The van der Waals surface area contributed by atoms with Crippen LogP contribution in [-0.4, -0.2) is 20.7 Å². The number of fused-ring (bicyclic) bond motifs is 3. The lowest BCUT2D eigenvalue weighted by molar-refractivity contribution is -0.120. The van der Waals surface area contributed by atoms with Crippen molar-refractivity contribution >= 4 is 22.6 Å². The summed E-state index contributed by atoms with van der Waals surface area (Å²) in [7, 11) is 0. The van der Waals surface area contributed by atoms with Gasteiger partial charge in [0, 0.05) is 17.3 Å². The predicted octanol–water partition coefficient (Wildman–Crippen LogP) is 3.16. The predicted molar refractivity (Wildman–Crippen MR) is 85.4 cm³/mol. The van der Waals surface area contributed by atoms with Crippen molar-refractivity contribution in [2.45, 2.75) is 32.7 Å². The molecule has 2 aromatic rings. The molecule has 0 spiro atoms. The van der Waals surface area contributed by atoms with Crippen LogP contribution in [0.1, 0.15) is 32.7 Å². The molecule has 22 heavy (non-hydrogen) atoms. The van der Waals surface area contributed by atoms with E-state index in [1.54, 1.807) is 12.4 Å². The molecule has 2 aliphatic rings. The third-order valence-corrected chi connectivity index (χ3v) is 4.81. The van der Waals surface area contributed by atoms with Crippen LogP contribution in [0.15, 0.2) is 30.6 Å². The number of carbonyl (C=O) groups is 1. The molecule has 2 aromatic heterocycles. The van der Waals surface area contributed by atoms with Gasteiger partial charge in [0.25, 0.3) is 0 Å². The van der Waals surface area contributed by atoms with E-state index in [2.05, 4.69) is 41.4 Å². The molecular formula is C17H20N4O. The van der Waals surface area contributed by atoms with Crippen molar-refractivity contribution in [1.82, 2.24) is 14.8 Å². The highest BCUT2D eigenvalue weighted by atomic mass is 16.1. The van der Waals surface area contributed by atoms with E-state index in [1.165, 1.54) is 0 Å². The summed E-state index contributed by atoms with van der Waals surface area (Å²) in [6, 6.07) is 2.22. The number of rotatable bonds is 3. The van der Waals surface area contributed by atoms with Crippen molar-refractivity contribution < 1.29 is 4.79 Å². The first-order valence-corrected chi connectivity index (χ1v) is 7.94. The van der Waals surface area contributed by atoms with E-state index in [1.807, 2.05) is 10.7 Å². The minimum Gasteiger partial charge on any atom is -0.324 e.